The fourth-order valence-corrected chi connectivity index (χ4v) is 3.98. The monoisotopic (exact) mass is 392 g/mol. The topological polar surface area (TPSA) is 24.1 Å². The van der Waals surface area contributed by atoms with Gasteiger partial charge in [-0.2, -0.15) is 0 Å². The summed E-state index contributed by atoms with van der Waals surface area (Å²) in [5, 5.41) is 7.32. The van der Waals surface area contributed by atoms with E-state index < -0.39 is 0 Å². The predicted octanol–water partition coefficient (Wildman–Crippen LogP) is 7.95. The molecule has 0 saturated heterocycles. The third-order valence-electron chi connectivity index (χ3n) is 5.87. The molecular formula is C27H40N2. The zero-order valence-electron chi connectivity index (χ0n) is 19.7. The van der Waals surface area contributed by atoms with E-state index >= 15 is 0 Å². The van der Waals surface area contributed by atoms with Gasteiger partial charge in [-0.25, -0.2) is 0 Å². The van der Waals surface area contributed by atoms with Crippen LogP contribution in [0, 0.1) is 16.7 Å². The summed E-state index contributed by atoms with van der Waals surface area (Å²) in [4.78, 5) is 0. The van der Waals surface area contributed by atoms with Crippen LogP contribution < -0.4 is 10.6 Å². The molecular weight excluding hydrogens is 352 g/mol. The zero-order valence-corrected chi connectivity index (χ0v) is 19.7. The van der Waals surface area contributed by atoms with Crippen LogP contribution in [0.25, 0.3) is 0 Å². The molecule has 1 aromatic rings. The van der Waals surface area contributed by atoms with E-state index in [-0.39, 0.29) is 10.8 Å². The van der Waals surface area contributed by atoms with Crippen molar-refractivity contribution in [1.82, 2.24) is 0 Å². The highest BCUT2D eigenvalue weighted by atomic mass is 14.9. The first kappa shape index (κ1) is 23.1. The normalized spacial score (nSPS) is 20.6. The molecule has 0 heterocycles. The summed E-state index contributed by atoms with van der Waals surface area (Å²) in [6, 6.07) is 8.97. The van der Waals surface area contributed by atoms with Gasteiger partial charge in [0.15, 0.2) is 0 Å². The average molecular weight is 393 g/mol. The maximum atomic E-state index is 3.89. The van der Waals surface area contributed by atoms with E-state index in [1.807, 2.05) is 6.08 Å². The van der Waals surface area contributed by atoms with E-state index in [0.29, 0.717) is 12.0 Å². The van der Waals surface area contributed by atoms with Gasteiger partial charge in [0.1, 0.15) is 0 Å². The lowest BCUT2D eigenvalue weighted by Crippen LogP contribution is -2.31. The van der Waals surface area contributed by atoms with Crippen molar-refractivity contribution in [2.75, 3.05) is 10.6 Å². The van der Waals surface area contributed by atoms with E-state index in [1.54, 1.807) is 0 Å². The quantitative estimate of drug-likeness (QED) is 0.460. The Morgan fingerprint density at radius 1 is 1.07 bits per heavy atom. The molecule has 2 rings (SSSR count). The van der Waals surface area contributed by atoms with Gasteiger partial charge in [0.25, 0.3) is 0 Å². The minimum atomic E-state index is 0.0456. The van der Waals surface area contributed by atoms with Gasteiger partial charge >= 0.3 is 0 Å². The van der Waals surface area contributed by atoms with E-state index in [2.05, 4.69) is 115 Å². The van der Waals surface area contributed by atoms with Gasteiger partial charge in [-0.3, -0.25) is 0 Å². The predicted molar refractivity (Wildman–Crippen MR) is 130 cm³/mol. The molecule has 0 bridgehead atoms. The minimum Gasteiger partial charge on any atom is -0.378 e. The zero-order chi connectivity index (χ0) is 21.8. The molecule has 0 fully saturated rings. The fourth-order valence-electron chi connectivity index (χ4n) is 3.98. The molecule has 1 aliphatic carbocycles. The highest BCUT2D eigenvalue weighted by Gasteiger charge is 2.26. The SMILES string of the molecule is C=CCC(C)(C)/C(=C/C)Nc1ccc(NC2C(C)=CC(C(C)(C)C)=CC2C)cc1. The summed E-state index contributed by atoms with van der Waals surface area (Å²) in [5.74, 6) is 0.460. The molecule has 2 N–H and O–H groups in total. The Hall–Kier alpha value is -2.22. The number of nitrogens with one attached hydrogen (secondary N) is 2. The number of anilines is 2. The second-order valence-electron chi connectivity index (χ2n) is 10.0. The summed E-state index contributed by atoms with van der Waals surface area (Å²) < 4.78 is 0. The highest BCUT2D eigenvalue weighted by molar-refractivity contribution is 5.58. The molecule has 158 valence electrons. The van der Waals surface area contributed by atoms with Gasteiger partial charge < -0.3 is 10.6 Å². The van der Waals surface area contributed by atoms with E-state index in [9.17, 15) is 0 Å². The van der Waals surface area contributed by atoms with Crippen molar-refractivity contribution in [2.45, 2.75) is 67.9 Å². The number of hydrogen-bond donors (Lipinski definition) is 2. The van der Waals surface area contributed by atoms with Gasteiger partial charge in [-0.05, 0) is 61.4 Å². The summed E-state index contributed by atoms with van der Waals surface area (Å²) in [5.41, 5.74) is 6.55. The second kappa shape index (κ2) is 9.07. The molecule has 0 aromatic heterocycles. The molecule has 1 aliphatic rings. The van der Waals surface area contributed by atoms with Crippen molar-refractivity contribution in [1.29, 1.82) is 0 Å². The molecule has 0 aliphatic heterocycles. The smallest absolute Gasteiger partial charge is 0.0534 e. The van der Waals surface area contributed by atoms with Crippen LogP contribution in [0.2, 0.25) is 0 Å². The standard InChI is InChI=1S/C27H40N2/c1-10-16-27(8,9)24(11-2)28-22-12-14-23(15-13-22)29-25-19(3)17-21(18-20(25)4)26(5,6)7/h10-15,17-19,25,28-29H,1,16H2,2-9H3/b24-11-. The van der Waals surface area contributed by atoms with E-state index in [1.165, 1.54) is 16.8 Å². The summed E-state index contributed by atoms with van der Waals surface area (Å²) in [6.45, 7) is 21.9. The van der Waals surface area contributed by atoms with Crippen LogP contribution in [0.3, 0.4) is 0 Å². The first-order valence-corrected chi connectivity index (χ1v) is 10.8. The van der Waals surface area contributed by atoms with Gasteiger partial charge in [0, 0.05) is 22.5 Å². The summed E-state index contributed by atoms with van der Waals surface area (Å²) in [6.07, 6.45) is 9.86. The molecule has 0 saturated carbocycles. The van der Waals surface area contributed by atoms with Crippen LogP contribution in [-0.4, -0.2) is 6.04 Å². The molecule has 2 unspecified atom stereocenters. The van der Waals surface area contributed by atoms with E-state index in [4.69, 9.17) is 0 Å². The number of rotatable bonds is 7. The van der Waals surface area contributed by atoms with Crippen LogP contribution in [0.1, 0.15) is 61.8 Å². The molecule has 0 radical (unpaired) electrons. The maximum absolute atomic E-state index is 3.89. The van der Waals surface area contributed by atoms with Crippen LogP contribution in [0.4, 0.5) is 11.4 Å². The Morgan fingerprint density at radius 3 is 2.14 bits per heavy atom. The molecule has 2 nitrogen and oxygen atoms in total. The van der Waals surface area contributed by atoms with Crippen LogP contribution in [0.15, 0.2) is 72.0 Å². The Bertz CT molecular complexity index is 798. The summed E-state index contributed by atoms with van der Waals surface area (Å²) >= 11 is 0. The van der Waals surface area contributed by atoms with Crippen molar-refractivity contribution in [3.05, 3.63) is 72.0 Å². The Labute approximate surface area is 178 Å². The molecule has 0 amide bonds. The molecule has 1 aromatic carbocycles. The van der Waals surface area contributed by atoms with Gasteiger partial charge in [0.05, 0.1) is 6.04 Å². The van der Waals surface area contributed by atoms with Crippen LogP contribution in [-0.2, 0) is 0 Å². The Morgan fingerprint density at radius 2 is 1.66 bits per heavy atom. The lowest BCUT2D eigenvalue weighted by Gasteiger charge is -2.33. The van der Waals surface area contributed by atoms with Crippen LogP contribution in [0.5, 0.6) is 0 Å². The fraction of sp³-hybridized carbons (Fsp3) is 0.481. The molecule has 2 atom stereocenters. The first-order chi connectivity index (χ1) is 13.5. The average Bonchev–Trinajstić information content (AvgIpc) is 2.62. The third-order valence-corrected chi connectivity index (χ3v) is 5.87. The summed E-state index contributed by atoms with van der Waals surface area (Å²) in [7, 11) is 0. The number of hydrogen-bond acceptors (Lipinski definition) is 2. The number of allylic oxidation sites excluding steroid dienone is 5. The van der Waals surface area contributed by atoms with Crippen molar-refractivity contribution in [3.8, 4) is 0 Å². The van der Waals surface area contributed by atoms with Crippen molar-refractivity contribution >= 4 is 11.4 Å². The van der Waals surface area contributed by atoms with Crippen molar-refractivity contribution < 1.29 is 0 Å². The first-order valence-electron chi connectivity index (χ1n) is 10.8. The lowest BCUT2D eigenvalue weighted by atomic mass is 9.77. The minimum absolute atomic E-state index is 0.0456. The molecule has 2 heteroatoms. The Kier molecular flexibility index (Phi) is 7.21. The van der Waals surface area contributed by atoms with E-state index in [0.717, 1.165) is 17.8 Å². The Balaban J connectivity index is 2.09. The van der Waals surface area contributed by atoms with Gasteiger partial charge in [0.2, 0.25) is 0 Å². The lowest BCUT2D eigenvalue weighted by molar-refractivity contribution is 0.456. The molecule has 29 heavy (non-hydrogen) atoms. The maximum Gasteiger partial charge on any atom is 0.0534 e. The van der Waals surface area contributed by atoms with Crippen molar-refractivity contribution in [3.63, 3.8) is 0 Å². The van der Waals surface area contributed by atoms with Gasteiger partial charge in [-0.15, -0.1) is 6.58 Å². The second-order valence-corrected chi connectivity index (χ2v) is 10.0. The van der Waals surface area contributed by atoms with Gasteiger partial charge in [-0.1, -0.05) is 71.4 Å². The molecule has 0 spiro atoms. The third kappa shape index (κ3) is 5.88. The van der Waals surface area contributed by atoms with Crippen molar-refractivity contribution in [2.24, 2.45) is 16.7 Å². The number of benzene rings is 1. The van der Waals surface area contributed by atoms with Crippen LogP contribution >= 0.6 is 0 Å². The highest BCUT2D eigenvalue weighted by Crippen LogP contribution is 2.35. The largest absolute Gasteiger partial charge is 0.378 e.